The maximum Gasteiger partial charge on any atom is 0.225 e. The zero-order valence-corrected chi connectivity index (χ0v) is 9.77. The van der Waals surface area contributed by atoms with E-state index in [1.165, 1.54) is 10.6 Å². The molecule has 0 saturated carbocycles. The summed E-state index contributed by atoms with van der Waals surface area (Å²) >= 11 is 8.18. The summed E-state index contributed by atoms with van der Waals surface area (Å²) in [5.41, 5.74) is 5.84. The van der Waals surface area contributed by atoms with E-state index in [0.29, 0.717) is 4.47 Å². The van der Waals surface area contributed by atoms with Crippen LogP contribution in [0.5, 0.6) is 0 Å². The highest BCUT2D eigenvalue weighted by atomic mass is 79.9. The normalized spacial score (nSPS) is 10.5. The summed E-state index contributed by atoms with van der Waals surface area (Å²) in [5, 5.41) is 6.20. The lowest BCUT2D eigenvalue weighted by Crippen LogP contribution is -2.04. The molecule has 1 aromatic carbocycles. The van der Waals surface area contributed by atoms with Gasteiger partial charge in [-0.25, -0.2) is 9.49 Å². The Morgan fingerprint density at radius 3 is 2.80 bits per heavy atom. The van der Waals surface area contributed by atoms with Gasteiger partial charge in [0.15, 0.2) is 0 Å². The monoisotopic (exact) mass is 288 g/mol. The fourth-order valence-electron chi connectivity index (χ4n) is 1.23. The second-order valence-corrected chi connectivity index (χ2v) is 4.03. The van der Waals surface area contributed by atoms with E-state index >= 15 is 0 Å². The van der Waals surface area contributed by atoms with Crippen molar-refractivity contribution in [3.8, 4) is 5.69 Å². The van der Waals surface area contributed by atoms with E-state index in [-0.39, 0.29) is 16.4 Å². The van der Waals surface area contributed by atoms with Gasteiger partial charge in [0.2, 0.25) is 10.7 Å². The molecule has 0 saturated heterocycles. The second-order valence-electron chi connectivity index (χ2n) is 2.79. The molecule has 7 heteroatoms. The zero-order chi connectivity index (χ0) is 11.0. The van der Waals surface area contributed by atoms with E-state index in [0.717, 1.165) is 0 Å². The van der Waals surface area contributed by atoms with Gasteiger partial charge in [0.05, 0.1) is 0 Å². The molecule has 2 rings (SSSR count). The fraction of sp³-hybridized carbons (Fsp3) is 0. The molecule has 0 spiro atoms. The first-order chi connectivity index (χ1) is 7.11. The highest BCUT2D eigenvalue weighted by Crippen LogP contribution is 2.25. The molecule has 0 amide bonds. The molecule has 0 fully saturated rings. The number of aromatic nitrogens is 3. The number of nitrogens with zero attached hydrogens (tertiary/aromatic N) is 2. The Bertz CT molecular complexity index is 542. The predicted molar refractivity (Wildman–Crippen MR) is 60.8 cm³/mol. The average Bonchev–Trinajstić information content (AvgIpc) is 2.49. The Labute approximate surface area is 98.0 Å². The van der Waals surface area contributed by atoms with Gasteiger partial charge in [-0.05, 0) is 40.3 Å². The molecule has 0 aliphatic heterocycles. The molecule has 0 radical (unpaired) electrons. The third kappa shape index (κ3) is 1.68. The van der Waals surface area contributed by atoms with Gasteiger partial charge >= 0.3 is 0 Å². The topological polar surface area (TPSA) is 59.6 Å². The van der Waals surface area contributed by atoms with Crippen molar-refractivity contribution in [3.05, 3.63) is 33.3 Å². The lowest BCUT2D eigenvalue weighted by Gasteiger charge is -2.07. The summed E-state index contributed by atoms with van der Waals surface area (Å²) in [6.45, 7) is 0. The minimum absolute atomic E-state index is 0.116. The molecule has 3 N–H and O–H groups in total. The molecule has 2 aromatic rings. The Hall–Kier alpha value is -1.21. The molecule has 0 aliphatic carbocycles. The maximum atomic E-state index is 13.6. The van der Waals surface area contributed by atoms with Crippen LogP contribution in [0.4, 0.5) is 10.3 Å². The number of benzene rings is 1. The van der Waals surface area contributed by atoms with Crippen LogP contribution in [0.3, 0.4) is 0 Å². The van der Waals surface area contributed by atoms with Crippen molar-refractivity contribution < 1.29 is 4.39 Å². The third-order valence-electron chi connectivity index (χ3n) is 1.86. The van der Waals surface area contributed by atoms with E-state index in [9.17, 15) is 4.39 Å². The third-order valence-corrected chi connectivity index (χ3v) is 2.77. The molecule has 0 unspecified atom stereocenters. The van der Waals surface area contributed by atoms with Crippen LogP contribution in [-0.4, -0.2) is 14.8 Å². The number of halogens is 2. The van der Waals surface area contributed by atoms with Gasteiger partial charge in [-0.15, -0.1) is 5.10 Å². The number of nitrogens with two attached hydrogens (primary N) is 1. The molecule has 0 bridgehead atoms. The van der Waals surface area contributed by atoms with E-state index in [1.54, 1.807) is 12.1 Å². The second kappa shape index (κ2) is 3.74. The van der Waals surface area contributed by atoms with Gasteiger partial charge < -0.3 is 5.73 Å². The van der Waals surface area contributed by atoms with E-state index in [4.69, 9.17) is 18.0 Å². The van der Waals surface area contributed by atoms with Crippen molar-refractivity contribution >= 4 is 34.1 Å². The van der Waals surface area contributed by atoms with Crippen LogP contribution < -0.4 is 5.73 Å². The number of anilines is 1. The van der Waals surface area contributed by atoms with Crippen LogP contribution in [-0.2, 0) is 0 Å². The van der Waals surface area contributed by atoms with Crippen LogP contribution in [0.1, 0.15) is 0 Å². The van der Waals surface area contributed by atoms with Crippen LogP contribution >= 0.6 is 28.1 Å². The van der Waals surface area contributed by atoms with Crippen molar-refractivity contribution in [1.82, 2.24) is 14.8 Å². The number of hydrogen-bond acceptors (Lipinski definition) is 3. The molecule has 15 heavy (non-hydrogen) atoms. The van der Waals surface area contributed by atoms with Crippen molar-refractivity contribution in [1.29, 1.82) is 0 Å². The standard InChI is InChI=1S/C8H6BrFN4S/c9-4-2-1-3-5(10)6(4)14-7(11)12-13-8(14)15/h1-3H,(H2,11,12)(H,13,15). The van der Waals surface area contributed by atoms with Crippen molar-refractivity contribution in [2.45, 2.75) is 0 Å². The number of nitrogens with one attached hydrogen (secondary N) is 1. The molecular weight excluding hydrogens is 283 g/mol. The van der Waals surface area contributed by atoms with Crippen LogP contribution in [0.25, 0.3) is 5.69 Å². The number of aromatic amines is 1. The summed E-state index contributed by atoms with van der Waals surface area (Å²) in [6.07, 6.45) is 0. The molecule has 0 aliphatic rings. The van der Waals surface area contributed by atoms with Crippen molar-refractivity contribution in [2.75, 3.05) is 5.73 Å². The Morgan fingerprint density at radius 1 is 1.53 bits per heavy atom. The van der Waals surface area contributed by atoms with E-state index in [1.807, 2.05) is 0 Å². The SMILES string of the molecule is Nc1n[nH]c(=S)n1-c1c(F)cccc1Br. The van der Waals surface area contributed by atoms with Crippen LogP contribution in [0.15, 0.2) is 22.7 Å². The maximum absolute atomic E-state index is 13.6. The smallest absolute Gasteiger partial charge is 0.225 e. The molecular formula is C8H6BrFN4S. The Morgan fingerprint density at radius 2 is 2.27 bits per heavy atom. The minimum atomic E-state index is -0.423. The first-order valence-electron chi connectivity index (χ1n) is 3.98. The highest BCUT2D eigenvalue weighted by molar-refractivity contribution is 9.10. The van der Waals surface area contributed by atoms with Crippen molar-refractivity contribution in [3.63, 3.8) is 0 Å². The summed E-state index contributed by atoms with van der Waals surface area (Å²) in [6, 6.07) is 4.61. The molecule has 0 atom stereocenters. The Kier molecular flexibility index (Phi) is 2.57. The first kappa shape index (κ1) is 10.3. The van der Waals surface area contributed by atoms with E-state index < -0.39 is 5.82 Å². The first-order valence-corrected chi connectivity index (χ1v) is 5.18. The Balaban J connectivity index is 2.80. The van der Waals surface area contributed by atoms with Crippen LogP contribution in [0, 0.1) is 10.6 Å². The zero-order valence-electron chi connectivity index (χ0n) is 7.37. The lowest BCUT2D eigenvalue weighted by atomic mass is 10.3. The quantitative estimate of drug-likeness (QED) is 0.793. The number of H-pyrrole nitrogens is 1. The highest BCUT2D eigenvalue weighted by Gasteiger charge is 2.12. The summed E-state index contributed by atoms with van der Waals surface area (Å²) in [5.74, 6) is -0.306. The number of nitrogen functional groups attached to an aromatic ring is 1. The number of rotatable bonds is 1. The molecule has 78 valence electrons. The number of para-hydroxylation sites is 1. The summed E-state index contributed by atoms with van der Waals surface area (Å²) in [4.78, 5) is 0. The summed E-state index contributed by atoms with van der Waals surface area (Å²) in [7, 11) is 0. The van der Waals surface area contributed by atoms with Crippen LogP contribution in [0.2, 0.25) is 0 Å². The molecule has 1 heterocycles. The van der Waals surface area contributed by atoms with Crippen molar-refractivity contribution in [2.24, 2.45) is 0 Å². The average molecular weight is 289 g/mol. The minimum Gasteiger partial charge on any atom is -0.368 e. The molecule has 1 aromatic heterocycles. The van der Waals surface area contributed by atoms with Gasteiger partial charge in [-0.3, -0.25) is 4.57 Å². The fourth-order valence-corrected chi connectivity index (χ4v) is 1.98. The van der Waals surface area contributed by atoms with Gasteiger partial charge in [0.1, 0.15) is 11.5 Å². The predicted octanol–water partition coefficient (Wildman–Crippen LogP) is 2.41. The lowest BCUT2D eigenvalue weighted by molar-refractivity contribution is 0.617. The van der Waals surface area contributed by atoms with Gasteiger partial charge in [0.25, 0.3) is 0 Å². The van der Waals surface area contributed by atoms with E-state index in [2.05, 4.69) is 26.1 Å². The van der Waals surface area contributed by atoms with Gasteiger partial charge in [-0.2, -0.15) is 0 Å². The molecule has 4 nitrogen and oxygen atoms in total. The largest absolute Gasteiger partial charge is 0.368 e. The van der Waals surface area contributed by atoms with Gasteiger partial charge in [0, 0.05) is 4.47 Å². The number of hydrogen-bond donors (Lipinski definition) is 2. The van der Waals surface area contributed by atoms with Gasteiger partial charge in [-0.1, -0.05) is 6.07 Å². The summed E-state index contributed by atoms with van der Waals surface area (Å²) < 4.78 is 15.7.